The van der Waals surface area contributed by atoms with Crippen molar-refractivity contribution in [1.82, 2.24) is 0 Å². The summed E-state index contributed by atoms with van der Waals surface area (Å²) in [6.07, 6.45) is -0.363. The fourth-order valence-corrected chi connectivity index (χ4v) is 1.78. The Balaban J connectivity index is 2.66. The van der Waals surface area contributed by atoms with Gasteiger partial charge in [0, 0.05) is 21.7 Å². The predicted molar refractivity (Wildman–Crippen MR) is 59.3 cm³/mol. The number of rotatable bonds is 3. The van der Waals surface area contributed by atoms with Gasteiger partial charge in [-0.25, -0.2) is 0 Å². The third-order valence-electron chi connectivity index (χ3n) is 1.46. The molecule has 72 valence electrons. The quantitative estimate of drug-likeness (QED) is 0.880. The number of benzene rings is 1. The predicted octanol–water partition coefficient (Wildman–Crippen LogP) is 2.90. The summed E-state index contributed by atoms with van der Waals surface area (Å²) in [6.45, 7) is 2.25. The van der Waals surface area contributed by atoms with E-state index in [4.69, 9.17) is 16.7 Å². The summed E-state index contributed by atoms with van der Waals surface area (Å²) in [6, 6.07) is 5.54. The fourth-order valence-electron chi connectivity index (χ4n) is 0.921. The molecule has 1 aromatic rings. The largest absolute Gasteiger partial charge is 0.392 e. The van der Waals surface area contributed by atoms with Gasteiger partial charge in [0.05, 0.1) is 6.10 Å². The molecule has 0 saturated carbocycles. The summed E-state index contributed by atoms with van der Waals surface area (Å²) in [7, 11) is 0. The maximum atomic E-state index is 9.05. The minimum atomic E-state index is -0.363. The van der Waals surface area contributed by atoms with E-state index < -0.39 is 0 Å². The molecule has 2 N–H and O–H groups in total. The highest BCUT2D eigenvalue weighted by Gasteiger charge is 1.98. The van der Waals surface area contributed by atoms with Crippen molar-refractivity contribution < 1.29 is 5.11 Å². The van der Waals surface area contributed by atoms with Gasteiger partial charge in [0.25, 0.3) is 0 Å². The summed E-state index contributed by atoms with van der Waals surface area (Å²) in [4.78, 5) is 0. The van der Waals surface area contributed by atoms with Crippen LogP contribution in [0.3, 0.4) is 0 Å². The molecule has 0 aliphatic heterocycles. The highest BCUT2D eigenvalue weighted by Crippen LogP contribution is 2.22. The smallest absolute Gasteiger partial charge is 0.0684 e. The Morgan fingerprint density at radius 2 is 2.23 bits per heavy atom. The van der Waals surface area contributed by atoms with Crippen molar-refractivity contribution in [2.75, 3.05) is 11.9 Å². The van der Waals surface area contributed by atoms with E-state index in [0.717, 1.165) is 10.2 Å². The Morgan fingerprint density at radius 3 is 2.77 bits per heavy atom. The molecule has 1 rings (SSSR count). The molecule has 1 atom stereocenters. The number of hydrogen-bond acceptors (Lipinski definition) is 2. The average Bonchev–Trinajstić information content (AvgIpc) is 1.99. The number of hydrogen-bond donors (Lipinski definition) is 2. The number of anilines is 1. The van der Waals surface area contributed by atoms with Gasteiger partial charge >= 0.3 is 0 Å². The zero-order valence-corrected chi connectivity index (χ0v) is 9.56. The first-order valence-electron chi connectivity index (χ1n) is 3.96. The van der Waals surface area contributed by atoms with Crippen LogP contribution in [0, 0.1) is 0 Å². The topological polar surface area (TPSA) is 32.3 Å². The van der Waals surface area contributed by atoms with E-state index in [9.17, 15) is 0 Å². The molecule has 13 heavy (non-hydrogen) atoms. The van der Waals surface area contributed by atoms with E-state index >= 15 is 0 Å². The number of halogens is 2. The molecule has 0 bridgehead atoms. The number of aliphatic hydroxyl groups is 1. The zero-order valence-electron chi connectivity index (χ0n) is 7.22. The highest BCUT2D eigenvalue weighted by molar-refractivity contribution is 9.10. The second-order valence-corrected chi connectivity index (χ2v) is 4.24. The van der Waals surface area contributed by atoms with Crippen LogP contribution in [0.1, 0.15) is 6.92 Å². The lowest BCUT2D eigenvalue weighted by Crippen LogP contribution is -2.15. The lowest BCUT2D eigenvalue weighted by atomic mass is 10.3. The monoisotopic (exact) mass is 263 g/mol. The Kier molecular flexibility index (Phi) is 4.03. The summed E-state index contributed by atoms with van der Waals surface area (Å²) in [5.41, 5.74) is 0.903. The molecule has 1 aromatic carbocycles. The maximum absolute atomic E-state index is 9.05. The van der Waals surface area contributed by atoms with Crippen molar-refractivity contribution >= 4 is 33.2 Å². The molecule has 1 unspecified atom stereocenters. The van der Waals surface area contributed by atoms with Crippen LogP contribution in [0.2, 0.25) is 5.02 Å². The standard InChI is InChI=1S/C9H11BrClNO/c1-6(13)5-12-9-3-7(10)2-8(11)4-9/h2-4,6,12-13H,5H2,1H3. The molecular formula is C9H11BrClNO. The SMILES string of the molecule is CC(O)CNc1cc(Cl)cc(Br)c1. The molecule has 0 spiro atoms. The molecule has 0 aromatic heterocycles. The van der Waals surface area contributed by atoms with Gasteiger partial charge in [0.15, 0.2) is 0 Å². The van der Waals surface area contributed by atoms with Crippen molar-refractivity contribution in [3.8, 4) is 0 Å². The van der Waals surface area contributed by atoms with Crippen LogP contribution in [-0.2, 0) is 0 Å². The van der Waals surface area contributed by atoms with Gasteiger partial charge < -0.3 is 10.4 Å². The molecule has 2 nitrogen and oxygen atoms in total. The van der Waals surface area contributed by atoms with Crippen molar-refractivity contribution in [3.63, 3.8) is 0 Å². The van der Waals surface area contributed by atoms with E-state index in [2.05, 4.69) is 21.2 Å². The molecule has 0 fully saturated rings. The van der Waals surface area contributed by atoms with Crippen molar-refractivity contribution in [2.24, 2.45) is 0 Å². The van der Waals surface area contributed by atoms with E-state index in [1.807, 2.05) is 18.2 Å². The van der Waals surface area contributed by atoms with Crippen LogP contribution in [0.25, 0.3) is 0 Å². The Hall–Kier alpha value is -0.250. The first kappa shape index (κ1) is 10.8. The molecule has 0 radical (unpaired) electrons. The lowest BCUT2D eigenvalue weighted by Gasteiger charge is -2.08. The molecule has 4 heteroatoms. The highest BCUT2D eigenvalue weighted by atomic mass is 79.9. The molecule has 0 aliphatic rings. The van der Waals surface area contributed by atoms with Gasteiger partial charge in [-0.05, 0) is 25.1 Å². The van der Waals surface area contributed by atoms with Crippen molar-refractivity contribution in [1.29, 1.82) is 0 Å². The van der Waals surface area contributed by atoms with Gasteiger partial charge in [-0.3, -0.25) is 0 Å². The summed E-state index contributed by atoms with van der Waals surface area (Å²) in [5.74, 6) is 0. The van der Waals surface area contributed by atoms with Crippen molar-refractivity contribution in [3.05, 3.63) is 27.7 Å². The second-order valence-electron chi connectivity index (χ2n) is 2.89. The molecular weight excluding hydrogens is 253 g/mol. The van der Waals surface area contributed by atoms with E-state index in [0.29, 0.717) is 11.6 Å². The third kappa shape index (κ3) is 3.98. The third-order valence-corrected chi connectivity index (χ3v) is 2.14. The maximum Gasteiger partial charge on any atom is 0.0684 e. The Morgan fingerprint density at radius 1 is 1.54 bits per heavy atom. The van der Waals surface area contributed by atoms with Crippen LogP contribution < -0.4 is 5.32 Å². The summed E-state index contributed by atoms with van der Waals surface area (Å²) in [5, 5.41) is 12.8. The first-order valence-corrected chi connectivity index (χ1v) is 5.13. The minimum absolute atomic E-state index is 0.363. The van der Waals surface area contributed by atoms with Crippen molar-refractivity contribution in [2.45, 2.75) is 13.0 Å². The van der Waals surface area contributed by atoms with Crippen LogP contribution in [0.4, 0.5) is 5.69 Å². The zero-order chi connectivity index (χ0) is 9.84. The summed E-state index contributed by atoms with van der Waals surface area (Å²) >= 11 is 9.17. The average molecular weight is 265 g/mol. The van der Waals surface area contributed by atoms with Gasteiger partial charge in [-0.1, -0.05) is 27.5 Å². The minimum Gasteiger partial charge on any atom is -0.392 e. The van der Waals surface area contributed by atoms with Gasteiger partial charge in [0.1, 0.15) is 0 Å². The van der Waals surface area contributed by atoms with Crippen LogP contribution >= 0.6 is 27.5 Å². The molecule has 0 saturated heterocycles. The van der Waals surface area contributed by atoms with Gasteiger partial charge in [-0.2, -0.15) is 0 Å². The second kappa shape index (κ2) is 4.84. The molecule has 0 aliphatic carbocycles. The summed E-state index contributed by atoms with van der Waals surface area (Å²) < 4.78 is 0.924. The molecule has 0 amide bonds. The van der Waals surface area contributed by atoms with Gasteiger partial charge in [-0.15, -0.1) is 0 Å². The van der Waals surface area contributed by atoms with Crippen LogP contribution in [0.5, 0.6) is 0 Å². The Bertz CT molecular complexity index is 271. The normalized spacial score (nSPS) is 12.6. The number of nitrogens with one attached hydrogen (secondary N) is 1. The molecule has 0 heterocycles. The first-order chi connectivity index (χ1) is 6.08. The van der Waals surface area contributed by atoms with E-state index in [1.54, 1.807) is 6.92 Å². The van der Waals surface area contributed by atoms with E-state index in [-0.39, 0.29) is 6.10 Å². The number of aliphatic hydroxyl groups excluding tert-OH is 1. The van der Waals surface area contributed by atoms with Crippen LogP contribution in [0.15, 0.2) is 22.7 Å². The van der Waals surface area contributed by atoms with Crippen LogP contribution in [-0.4, -0.2) is 17.8 Å². The fraction of sp³-hybridized carbons (Fsp3) is 0.333. The van der Waals surface area contributed by atoms with Gasteiger partial charge in [0.2, 0.25) is 0 Å². The lowest BCUT2D eigenvalue weighted by molar-refractivity contribution is 0.208. The van der Waals surface area contributed by atoms with E-state index in [1.165, 1.54) is 0 Å². The Labute approximate surface area is 91.0 Å².